The van der Waals surface area contributed by atoms with Crippen LogP contribution in [0, 0.1) is 0 Å². The zero-order valence-electron chi connectivity index (χ0n) is 17.6. The SMILES string of the molecule is CC1CCCC(C)N1C(=O)COc1ccc(C(=O)NCCc2cccc(O)c2)cc1. The van der Waals surface area contributed by atoms with Crippen molar-refractivity contribution in [3.8, 4) is 11.5 Å². The summed E-state index contributed by atoms with van der Waals surface area (Å²) in [5, 5.41) is 12.3. The van der Waals surface area contributed by atoms with E-state index in [0.717, 1.165) is 24.8 Å². The highest BCUT2D eigenvalue weighted by Crippen LogP contribution is 2.23. The Morgan fingerprint density at radius 1 is 1.10 bits per heavy atom. The molecule has 6 nitrogen and oxygen atoms in total. The van der Waals surface area contributed by atoms with Gasteiger partial charge < -0.3 is 20.1 Å². The van der Waals surface area contributed by atoms with Crippen LogP contribution in [0.2, 0.25) is 0 Å². The molecule has 1 heterocycles. The number of aromatic hydroxyl groups is 1. The molecule has 2 N–H and O–H groups in total. The smallest absolute Gasteiger partial charge is 0.260 e. The first kappa shape index (κ1) is 21.7. The molecule has 1 fully saturated rings. The highest BCUT2D eigenvalue weighted by molar-refractivity contribution is 5.94. The summed E-state index contributed by atoms with van der Waals surface area (Å²) in [6.45, 7) is 4.65. The van der Waals surface area contributed by atoms with E-state index in [0.29, 0.717) is 24.3 Å². The minimum Gasteiger partial charge on any atom is -0.508 e. The Hall–Kier alpha value is -3.02. The maximum atomic E-state index is 12.5. The number of ether oxygens (including phenoxy) is 1. The van der Waals surface area contributed by atoms with E-state index in [-0.39, 0.29) is 36.3 Å². The van der Waals surface area contributed by atoms with Gasteiger partial charge in [-0.25, -0.2) is 0 Å². The van der Waals surface area contributed by atoms with Crippen molar-refractivity contribution in [2.75, 3.05) is 13.2 Å². The molecule has 1 aliphatic rings. The number of benzene rings is 2. The number of phenolic OH excluding ortho intramolecular Hbond substituents is 1. The fourth-order valence-corrected chi connectivity index (χ4v) is 3.97. The number of nitrogens with zero attached hydrogens (tertiary/aromatic N) is 1. The number of amides is 2. The number of carbonyl (C=O) groups is 2. The molecule has 0 spiro atoms. The molecule has 2 unspecified atom stereocenters. The van der Waals surface area contributed by atoms with Crippen LogP contribution in [-0.2, 0) is 11.2 Å². The van der Waals surface area contributed by atoms with Crippen LogP contribution in [0.3, 0.4) is 0 Å². The molecule has 0 aromatic heterocycles. The van der Waals surface area contributed by atoms with Crippen molar-refractivity contribution in [1.82, 2.24) is 10.2 Å². The van der Waals surface area contributed by atoms with Crippen molar-refractivity contribution < 1.29 is 19.4 Å². The molecule has 0 radical (unpaired) electrons. The van der Waals surface area contributed by atoms with E-state index in [1.165, 1.54) is 0 Å². The molecule has 2 amide bonds. The molecule has 0 saturated carbocycles. The maximum Gasteiger partial charge on any atom is 0.260 e. The number of nitrogens with one attached hydrogen (secondary N) is 1. The van der Waals surface area contributed by atoms with E-state index in [9.17, 15) is 14.7 Å². The van der Waals surface area contributed by atoms with Gasteiger partial charge in [0.1, 0.15) is 11.5 Å². The van der Waals surface area contributed by atoms with Gasteiger partial charge >= 0.3 is 0 Å². The number of carbonyl (C=O) groups excluding carboxylic acids is 2. The summed E-state index contributed by atoms with van der Waals surface area (Å²) in [7, 11) is 0. The second-order valence-electron chi connectivity index (χ2n) is 7.92. The van der Waals surface area contributed by atoms with E-state index >= 15 is 0 Å². The van der Waals surface area contributed by atoms with Gasteiger partial charge in [-0.05, 0) is 81.5 Å². The normalized spacial score (nSPS) is 18.7. The number of likely N-dealkylation sites (tertiary alicyclic amines) is 1. The first-order chi connectivity index (χ1) is 14.4. The summed E-state index contributed by atoms with van der Waals surface area (Å²) in [6, 6.07) is 14.3. The molecule has 6 heteroatoms. The van der Waals surface area contributed by atoms with Crippen LogP contribution in [0.15, 0.2) is 48.5 Å². The lowest BCUT2D eigenvalue weighted by atomic mass is 9.97. The third-order valence-corrected chi connectivity index (χ3v) is 5.57. The Labute approximate surface area is 177 Å². The second kappa shape index (κ2) is 10.1. The monoisotopic (exact) mass is 410 g/mol. The lowest BCUT2D eigenvalue weighted by Crippen LogP contribution is -2.49. The molecule has 1 saturated heterocycles. The van der Waals surface area contributed by atoms with Gasteiger partial charge in [0.25, 0.3) is 11.8 Å². The van der Waals surface area contributed by atoms with Crippen LogP contribution in [-0.4, -0.2) is 47.1 Å². The van der Waals surface area contributed by atoms with Gasteiger partial charge in [0.15, 0.2) is 6.61 Å². The second-order valence-corrected chi connectivity index (χ2v) is 7.92. The molecule has 160 valence electrons. The molecule has 3 rings (SSSR count). The molecule has 2 aromatic rings. The van der Waals surface area contributed by atoms with Crippen LogP contribution < -0.4 is 10.1 Å². The largest absolute Gasteiger partial charge is 0.508 e. The van der Waals surface area contributed by atoms with E-state index in [2.05, 4.69) is 19.2 Å². The molecule has 0 aliphatic carbocycles. The third-order valence-electron chi connectivity index (χ3n) is 5.57. The van der Waals surface area contributed by atoms with Gasteiger partial charge in [0.05, 0.1) is 0 Å². The standard InChI is InChI=1S/C24H30N2O4/c1-17-5-3-6-18(2)26(17)23(28)16-30-22-11-9-20(10-12-22)24(29)25-14-13-19-7-4-8-21(27)15-19/h4,7-12,15,17-18,27H,3,5-6,13-14,16H2,1-2H3,(H,25,29). The number of phenols is 1. The number of piperidine rings is 1. The van der Waals surface area contributed by atoms with E-state index in [1.54, 1.807) is 42.5 Å². The van der Waals surface area contributed by atoms with Gasteiger partial charge in [0, 0.05) is 24.2 Å². The molecular formula is C24H30N2O4. The van der Waals surface area contributed by atoms with Gasteiger partial charge in [-0.15, -0.1) is 0 Å². The summed E-state index contributed by atoms with van der Waals surface area (Å²) in [6.07, 6.45) is 3.86. The molecule has 30 heavy (non-hydrogen) atoms. The fraction of sp³-hybridized carbons (Fsp3) is 0.417. The number of rotatable bonds is 7. The summed E-state index contributed by atoms with van der Waals surface area (Å²) in [5.41, 5.74) is 1.49. The van der Waals surface area contributed by atoms with E-state index in [1.807, 2.05) is 11.0 Å². The summed E-state index contributed by atoms with van der Waals surface area (Å²) in [5.74, 6) is 0.617. The lowest BCUT2D eigenvalue weighted by molar-refractivity contribution is -0.139. The molecule has 2 atom stereocenters. The highest BCUT2D eigenvalue weighted by Gasteiger charge is 2.28. The quantitative estimate of drug-likeness (QED) is 0.732. The Morgan fingerprint density at radius 3 is 2.47 bits per heavy atom. The Bertz CT molecular complexity index is 856. The van der Waals surface area contributed by atoms with Crippen LogP contribution in [0.4, 0.5) is 0 Å². The van der Waals surface area contributed by atoms with Crippen molar-refractivity contribution in [3.05, 3.63) is 59.7 Å². The first-order valence-corrected chi connectivity index (χ1v) is 10.5. The predicted octanol–water partition coefficient (Wildman–Crippen LogP) is 3.53. The van der Waals surface area contributed by atoms with E-state index in [4.69, 9.17) is 4.74 Å². The topological polar surface area (TPSA) is 78.9 Å². The van der Waals surface area contributed by atoms with Crippen LogP contribution in [0.25, 0.3) is 0 Å². The van der Waals surface area contributed by atoms with Crippen molar-refractivity contribution in [3.63, 3.8) is 0 Å². The average Bonchev–Trinajstić information content (AvgIpc) is 2.72. The zero-order chi connectivity index (χ0) is 21.5. The van der Waals surface area contributed by atoms with Crippen molar-refractivity contribution in [1.29, 1.82) is 0 Å². The summed E-state index contributed by atoms with van der Waals surface area (Å²) < 4.78 is 5.66. The van der Waals surface area contributed by atoms with Crippen LogP contribution in [0.1, 0.15) is 49.0 Å². The molecule has 2 aromatic carbocycles. The number of hydrogen-bond donors (Lipinski definition) is 2. The minimum absolute atomic E-state index is 0.00321. The maximum absolute atomic E-state index is 12.5. The van der Waals surface area contributed by atoms with Gasteiger partial charge in [0.2, 0.25) is 0 Å². The van der Waals surface area contributed by atoms with Gasteiger partial charge in [-0.3, -0.25) is 9.59 Å². The Morgan fingerprint density at radius 2 is 1.80 bits per heavy atom. The Balaban J connectivity index is 1.46. The molecule has 0 bridgehead atoms. The average molecular weight is 411 g/mol. The zero-order valence-corrected chi connectivity index (χ0v) is 17.6. The lowest BCUT2D eigenvalue weighted by Gasteiger charge is -2.38. The number of hydrogen-bond acceptors (Lipinski definition) is 4. The first-order valence-electron chi connectivity index (χ1n) is 10.5. The van der Waals surface area contributed by atoms with E-state index < -0.39 is 0 Å². The van der Waals surface area contributed by atoms with Crippen molar-refractivity contribution in [2.24, 2.45) is 0 Å². The summed E-state index contributed by atoms with van der Waals surface area (Å²) >= 11 is 0. The Kier molecular flexibility index (Phi) is 7.33. The third kappa shape index (κ3) is 5.75. The fourth-order valence-electron chi connectivity index (χ4n) is 3.97. The van der Waals surface area contributed by atoms with Gasteiger partial charge in [-0.1, -0.05) is 12.1 Å². The minimum atomic E-state index is -0.172. The predicted molar refractivity (Wildman–Crippen MR) is 116 cm³/mol. The van der Waals surface area contributed by atoms with Crippen molar-refractivity contribution >= 4 is 11.8 Å². The molecular weight excluding hydrogens is 380 g/mol. The molecule has 1 aliphatic heterocycles. The van der Waals surface area contributed by atoms with Crippen molar-refractivity contribution in [2.45, 2.75) is 51.6 Å². The summed E-state index contributed by atoms with van der Waals surface area (Å²) in [4.78, 5) is 26.8. The van der Waals surface area contributed by atoms with Crippen LogP contribution >= 0.6 is 0 Å². The van der Waals surface area contributed by atoms with Crippen LogP contribution in [0.5, 0.6) is 11.5 Å². The van der Waals surface area contributed by atoms with Gasteiger partial charge in [-0.2, -0.15) is 0 Å². The highest BCUT2D eigenvalue weighted by atomic mass is 16.5.